The lowest BCUT2D eigenvalue weighted by atomic mass is 10.00. The number of aliphatic hydroxyl groups excluding tert-OH is 1. The van der Waals surface area contributed by atoms with Crippen molar-refractivity contribution in [1.82, 2.24) is 9.97 Å². The van der Waals surface area contributed by atoms with Crippen LogP contribution < -0.4 is 11.2 Å². The predicted octanol–water partition coefficient (Wildman–Crippen LogP) is 1.29. The lowest BCUT2D eigenvalue weighted by Gasteiger charge is -2.15. The highest BCUT2D eigenvalue weighted by atomic mass is 19.4. The van der Waals surface area contributed by atoms with E-state index in [4.69, 9.17) is 0 Å². The van der Waals surface area contributed by atoms with Crippen molar-refractivity contribution < 1.29 is 18.3 Å². The minimum absolute atomic E-state index is 0.122. The maximum Gasteiger partial charge on any atom is 0.416 e. The highest BCUT2D eigenvalue weighted by molar-refractivity contribution is 5.79. The molecule has 0 fully saturated rings. The minimum Gasteiger partial charge on any atom is -0.389 e. The molecule has 1 atom stereocenters. The van der Waals surface area contributed by atoms with Gasteiger partial charge in [-0.15, -0.1) is 0 Å². The normalized spacial score (nSPS) is 13.7. The maximum absolute atomic E-state index is 12.8. The summed E-state index contributed by atoms with van der Waals surface area (Å²) in [7, 11) is 0. The molecule has 102 valence electrons. The van der Waals surface area contributed by atoms with Gasteiger partial charge in [0.2, 0.25) is 0 Å². The molecule has 0 saturated carbocycles. The first-order valence-electron chi connectivity index (χ1n) is 5.25. The number of hydrogen-bond donors (Lipinski definition) is 3. The second kappa shape index (κ2) is 4.23. The Kier molecular flexibility index (Phi) is 2.97. The first kappa shape index (κ1) is 13.3. The van der Waals surface area contributed by atoms with Crippen molar-refractivity contribution >= 4 is 10.9 Å². The molecule has 1 aromatic heterocycles. The smallest absolute Gasteiger partial charge is 0.389 e. The minimum atomic E-state index is -4.69. The Balaban J connectivity index is 2.93. The molecular weight excluding hydrogens is 265 g/mol. The van der Waals surface area contributed by atoms with Crippen molar-refractivity contribution in [2.75, 3.05) is 0 Å². The standard InChI is InChI=1S/C11H9F3N2O3/c1-4(17)5-2-6-8(3-7(5)11(12,13)14)15-10(19)16-9(6)18/h2-4,17H,1H3,(H2,15,16,18,19). The number of halogens is 3. The van der Waals surface area contributed by atoms with Crippen LogP contribution in [0, 0.1) is 0 Å². The lowest BCUT2D eigenvalue weighted by Crippen LogP contribution is -2.23. The van der Waals surface area contributed by atoms with Crippen molar-refractivity contribution in [2.24, 2.45) is 0 Å². The van der Waals surface area contributed by atoms with E-state index in [0.29, 0.717) is 6.07 Å². The Hall–Kier alpha value is -2.09. The van der Waals surface area contributed by atoms with E-state index in [0.717, 1.165) is 13.0 Å². The summed E-state index contributed by atoms with van der Waals surface area (Å²) in [6, 6.07) is 1.58. The summed E-state index contributed by atoms with van der Waals surface area (Å²) in [5.74, 6) is 0. The van der Waals surface area contributed by atoms with Crippen LogP contribution in [0.25, 0.3) is 10.9 Å². The Morgan fingerprint density at radius 2 is 1.84 bits per heavy atom. The van der Waals surface area contributed by atoms with Gasteiger partial charge in [0.05, 0.1) is 22.6 Å². The number of H-pyrrole nitrogens is 2. The molecule has 0 aliphatic carbocycles. The maximum atomic E-state index is 12.8. The largest absolute Gasteiger partial charge is 0.416 e. The SMILES string of the molecule is CC(O)c1cc2c(=O)[nH]c(=O)[nH]c2cc1C(F)(F)F. The zero-order valence-corrected chi connectivity index (χ0v) is 9.63. The average molecular weight is 274 g/mol. The summed E-state index contributed by atoms with van der Waals surface area (Å²) in [4.78, 5) is 26.6. The van der Waals surface area contributed by atoms with Crippen LogP contribution in [0.1, 0.15) is 24.2 Å². The third kappa shape index (κ3) is 2.39. The van der Waals surface area contributed by atoms with Crippen molar-refractivity contribution in [2.45, 2.75) is 19.2 Å². The van der Waals surface area contributed by atoms with Crippen molar-refractivity contribution in [3.8, 4) is 0 Å². The van der Waals surface area contributed by atoms with Crippen LogP contribution in [0.5, 0.6) is 0 Å². The highest BCUT2D eigenvalue weighted by Gasteiger charge is 2.35. The van der Waals surface area contributed by atoms with Gasteiger partial charge in [-0.3, -0.25) is 9.78 Å². The number of alkyl halides is 3. The number of aliphatic hydroxyl groups is 1. The highest BCUT2D eigenvalue weighted by Crippen LogP contribution is 2.36. The second-order valence-electron chi connectivity index (χ2n) is 4.07. The average Bonchev–Trinajstić information content (AvgIpc) is 2.25. The van der Waals surface area contributed by atoms with Gasteiger partial charge in [0.25, 0.3) is 5.56 Å². The molecule has 3 N–H and O–H groups in total. The number of rotatable bonds is 1. The third-order valence-electron chi connectivity index (χ3n) is 2.67. The van der Waals surface area contributed by atoms with Gasteiger partial charge in [0.15, 0.2) is 0 Å². The molecule has 0 saturated heterocycles. The molecule has 0 bridgehead atoms. The van der Waals surface area contributed by atoms with E-state index in [1.807, 2.05) is 4.98 Å². The quantitative estimate of drug-likeness (QED) is 0.732. The molecule has 1 aromatic carbocycles. The third-order valence-corrected chi connectivity index (χ3v) is 2.67. The molecule has 1 unspecified atom stereocenters. The fourth-order valence-electron chi connectivity index (χ4n) is 1.82. The van der Waals surface area contributed by atoms with Gasteiger partial charge in [-0.2, -0.15) is 13.2 Å². The van der Waals surface area contributed by atoms with E-state index < -0.39 is 34.7 Å². The number of nitrogens with one attached hydrogen (secondary N) is 2. The molecule has 1 heterocycles. The summed E-state index contributed by atoms with van der Waals surface area (Å²) in [6.07, 6.45) is -6.09. The van der Waals surface area contributed by atoms with Gasteiger partial charge in [-0.25, -0.2) is 4.79 Å². The number of aromatic nitrogens is 2. The lowest BCUT2D eigenvalue weighted by molar-refractivity contribution is -0.139. The number of benzene rings is 1. The van der Waals surface area contributed by atoms with Gasteiger partial charge in [-0.05, 0) is 24.6 Å². The van der Waals surface area contributed by atoms with E-state index in [9.17, 15) is 27.9 Å². The summed E-state index contributed by atoms with van der Waals surface area (Å²) in [6.45, 7) is 1.16. The van der Waals surface area contributed by atoms with Gasteiger partial charge in [0, 0.05) is 0 Å². The van der Waals surface area contributed by atoms with Crippen LogP contribution in [-0.2, 0) is 6.18 Å². The molecule has 0 aliphatic heterocycles. The van der Waals surface area contributed by atoms with Crippen LogP contribution in [0.4, 0.5) is 13.2 Å². The number of hydrogen-bond acceptors (Lipinski definition) is 3. The second-order valence-corrected chi connectivity index (χ2v) is 4.07. The fraction of sp³-hybridized carbons (Fsp3) is 0.273. The number of fused-ring (bicyclic) bond motifs is 1. The molecule has 0 radical (unpaired) electrons. The monoisotopic (exact) mass is 274 g/mol. The van der Waals surface area contributed by atoms with E-state index >= 15 is 0 Å². The molecule has 2 rings (SSSR count). The van der Waals surface area contributed by atoms with E-state index in [-0.39, 0.29) is 10.9 Å². The summed E-state index contributed by atoms with van der Waals surface area (Å²) in [5, 5.41) is 9.27. The van der Waals surface area contributed by atoms with Crippen molar-refractivity contribution in [1.29, 1.82) is 0 Å². The van der Waals surface area contributed by atoms with E-state index in [1.165, 1.54) is 0 Å². The summed E-state index contributed by atoms with van der Waals surface area (Å²) >= 11 is 0. The Morgan fingerprint density at radius 3 is 2.37 bits per heavy atom. The van der Waals surface area contributed by atoms with Crippen LogP contribution >= 0.6 is 0 Å². The fourth-order valence-corrected chi connectivity index (χ4v) is 1.82. The van der Waals surface area contributed by atoms with E-state index in [2.05, 4.69) is 4.98 Å². The Morgan fingerprint density at radius 1 is 1.21 bits per heavy atom. The molecule has 5 nitrogen and oxygen atoms in total. The summed E-state index contributed by atoms with van der Waals surface area (Å²) < 4.78 is 38.5. The topological polar surface area (TPSA) is 85.9 Å². The van der Waals surface area contributed by atoms with Gasteiger partial charge in [-0.1, -0.05) is 0 Å². The Labute approximate surface area is 103 Å². The number of aromatic amines is 2. The van der Waals surface area contributed by atoms with Crippen LogP contribution in [-0.4, -0.2) is 15.1 Å². The first-order valence-corrected chi connectivity index (χ1v) is 5.25. The van der Waals surface area contributed by atoms with Crippen LogP contribution in [0.15, 0.2) is 21.7 Å². The van der Waals surface area contributed by atoms with Crippen molar-refractivity contribution in [3.63, 3.8) is 0 Å². The molecule has 0 amide bonds. The molecular formula is C11H9F3N2O3. The molecule has 0 spiro atoms. The molecule has 19 heavy (non-hydrogen) atoms. The molecule has 0 aliphatic rings. The van der Waals surface area contributed by atoms with Gasteiger partial charge in [0.1, 0.15) is 0 Å². The first-order chi connectivity index (χ1) is 8.70. The zero-order chi connectivity index (χ0) is 14.4. The van der Waals surface area contributed by atoms with E-state index in [1.54, 1.807) is 0 Å². The molecule has 8 heteroatoms. The molecule has 2 aromatic rings. The summed E-state index contributed by atoms with van der Waals surface area (Å²) in [5.41, 5.74) is -3.44. The predicted molar refractivity (Wildman–Crippen MR) is 60.8 cm³/mol. The van der Waals surface area contributed by atoms with Gasteiger partial charge < -0.3 is 10.1 Å². The van der Waals surface area contributed by atoms with Gasteiger partial charge >= 0.3 is 11.9 Å². The van der Waals surface area contributed by atoms with Crippen LogP contribution in [0.2, 0.25) is 0 Å². The Bertz CT molecular complexity index is 743. The van der Waals surface area contributed by atoms with Crippen molar-refractivity contribution in [3.05, 3.63) is 44.1 Å². The van der Waals surface area contributed by atoms with Crippen LogP contribution in [0.3, 0.4) is 0 Å². The zero-order valence-electron chi connectivity index (χ0n) is 9.63.